The van der Waals surface area contributed by atoms with Crippen molar-refractivity contribution in [2.24, 2.45) is 11.7 Å². The number of rotatable bonds is 9. The average molecular weight is 258 g/mol. The fourth-order valence-electron chi connectivity index (χ4n) is 2.65. The van der Waals surface area contributed by atoms with E-state index in [-0.39, 0.29) is 0 Å². The van der Waals surface area contributed by atoms with Crippen LogP contribution in [-0.4, -0.2) is 43.6 Å². The van der Waals surface area contributed by atoms with Gasteiger partial charge in [0.15, 0.2) is 0 Å². The normalized spacial score (nSPS) is 26.2. The summed E-state index contributed by atoms with van der Waals surface area (Å²) >= 11 is 0. The molecule has 0 spiro atoms. The highest BCUT2D eigenvalue weighted by molar-refractivity contribution is 4.75. The van der Waals surface area contributed by atoms with Crippen LogP contribution < -0.4 is 11.1 Å². The Hall–Kier alpha value is -0.160. The quantitative estimate of drug-likeness (QED) is 0.545. The summed E-state index contributed by atoms with van der Waals surface area (Å²) in [5.74, 6) is 0.691. The molecule has 0 aliphatic heterocycles. The molecule has 4 nitrogen and oxygen atoms in total. The van der Waals surface area contributed by atoms with Crippen LogP contribution in [0.2, 0.25) is 0 Å². The number of nitrogens with one attached hydrogen (secondary N) is 1. The number of hydrogen-bond acceptors (Lipinski definition) is 4. The van der Waals surface area contributed by atoms with Crippen molar-refractivity contribution in [1.29, 1.82) is 0 Å². The second-order valence-corrected chi connectivity index (χ2v) is 5.32. The maximum atomic E-state index is 9.82. The number of nitrogens with two attached hydrogens (primary N) is 1. The molecule has 3 atom stereocenters. The SMILES string of the molecule is CCC1CCCCC1OCC(O)CNCCCN. The zero-order valence-corrected chi connectivity index (χ0v) is 11.7. The zero-order valence-electron chi connectivity index (χ0n) is 11.7. The molecule has 1 aliphatic rings. The van der Waals surface area contributed by atoms with Crippen molar-refractivity contribution >= 4 is 0 Å². The van der Waals surface area contributed by atoms with Crippen molar-refractivity contribution in [2.45, 2.75) is 57.7 Å². The molecule has 1 rings (SSSR count). The fourth-order valence-corrected chi connectivity index (χ4v) is 2.65. The third-order valence-electron chi connectivity index (χ3n) is 3.80. The average Bonchev–Trinajstić information content (AvgIpc) is 2.41. The molecule has 4 heteroatoms. The number of ether oxygens (including phenoxy) is 1. The fraction of sp³-hybridized carbons (Fsp3) is 1.00. The van der Waals surface area contributed by atoms with Crippen molar-refractivity contribution in [1.82, 2.24) is 5.32 Å². The molecule has 0 bridgehead atoms. The Balaban J connectivity index is 2.10. The van der Waals surface area contributed by atoms with Crippen LogP contribution in [0.4, 0.5) is 0 Å². The summed E-state index contributed by atoms with van der Waals surface area (Å²) in [5.41, 5.74) is 5.40. The van der Waals surface area contributed by atoms with Crippen molar-refractivity contribution in [3.63, 3.8) is 0 Å². The number of hydrogen-bond donors (Lipinski definition) is 3. The van der Waals surface area contributed by atoms with Gasteiger partial charge >= 0.3 is 0 Å². The van der Waals surface area contributed by atoms with E-state index in [2.05, 4.69) is 12.2 Å². The number of aliphatic hydroxyl groups excluding tert-OH is 1. The first kappa shape index (κ1) is 15.9. The van der Waals surface area contributed by atoms with Crippen LogP contribution in [0.15, 0.2) is 0 Å². The monoisotopic (exact) mass is 258 g/mol. The highest BCUT2D eigenvalue weighted by atomic mass is 16.5. The first-order valence-electron chi connectivity index (χ1n) is 7.48. The van der Waals surface area contributed by atoms with Crippen LogP contribution >= 0.6 is 0 Å². The Morgan fingerprint density at radius 1 is 1.39 bits per heavy atom. The van der Waals surface area contributed by atoms with Gasteiger partial charge in [0, 0.05) is 6.54 Å². The first-order valence-corrected chi connectivity index (χ1v) is 7.48. The molecule has 1 fully saturated rings. The van der Waals surface area contributed by atoms with Gasteiger partial charge < -0.3 is 20.9 Å². The predicted molar refractivity (Wildman–Crippen MR) is 74.5 cm³/mol. The Labute approximate surface area is 111 Å². The summed E-state index contributed by atoms with van der Waals surface area (Å²) in [5, 5.41) is 13.0. The van der Waals surface area contributed by atoms with Gasteiger partial charge in [-0.05, 0) is 38.3 Å². The molecular formula is C14H30N2O2. The minimum atomic E-state index is -0.401. The largest absolute Gasteiger partial charge is 0.389 e. The van der Waals surface area contributed by atoms with Gasteiger partial charge in [-0.25, -0.2) is 0 Å². The van der Waals surface area contributed by atoms with E-state index in [1.54, 1.807) is 0 Å². The molecule has 4 N–H and O–H groups in total. The highest BCUT2D eigenvalue weighted by Gasteiger charge is 2.24. The van der Waals surface area contributed by atoms with E-state index in [1.807, 2.05) is 0 Å². The second kappa shape index (κ2) is 9.73. The van der Waals surface area contributed by atoms with Crippen LogP contribution in [-0.2, 0) is 4.74 Å². The lowest BCUT2D eigenvalue weighted by atomic mass is 9.85. The van der Waals surface area contributed by atoms with Crippen molar-refractivity contribution in [3.05, 3.63) is 0 Å². The van der Waals surface area contributed by atoms with Crippen LogP contribution in [0.3, 0.4) is 0 Å². The molecule has 108 valence electrons. The summed E-state index contributed by atoms with van der Waals surface area (Å²) in [4.78, 5) is 0. The summed E-state index contributed by atoms with van der Waals surface area (Å²) < 4.78 is 5.89. The molecule has 0 saturated heterocycles. The Morgan fingerprint density at radius 3 is 2.89 bits per heavy atom. The van der Waals surface area contributed by atoms with E-state index in [0.717, 1.165) is 19.4 Å². The van der Waals surface area contributed by atoms with Gasteiger partial charge in [-0.1, -0.05) is 26.2 Å². The second-order valence-electron chi connectivity index (χ2n) is 5.32. The Morgan fingerprint density at radius 2 is 2.17 bits per heavy atom. The van der Waals surface area contributed by atoms with E-state index in [0.29, 0.717) is 31.7 Å². The highest BCUT2D eigenvalue weighted by Crippen LogP contribution is 2.29. The Bertz CT molecular complexity index is 202. The smallest absolute Gasteiger partial charge is 0.0897 e. The van der Waals surface area contributed by atoms with E-state index in [1.165, 1.54) is 25.7 Å². The molecule has 0 amide bonds. The predicted octanol–water partition coefficient (Wildman–Crippen LogP) is 1.27. The molecular weight excluding hydrogens is 228 g/mol. The third-order valence-corrected chi connectivity index (χ3v) is 3.80. The van der Waals surface area contributed by atoms with Gasteiger partial charge in [-0.2, -0.15) is 0 Å². The molecule has 3 unspecified atom stereocenters. The van der Waals surface area contributed by atoms with E-state index in [9.17, 15) is 5.11 Å². The van der Waals surface area contributed by atoms with Crippen molar-refractivity contribution in [2.75, 3.05) is 26.2 Å². The lowest BCUT2D eigenvalue weighted by Gasteiger charge is -2.31. The van der Waals surface area contributed by atoms with Gasteiger partial charge in [0.2, 0.25) is 0 Å². The van der Waals surface area contributed by atoms with Gasteiger partial charge in [0.05, 0.1) is 18.8 Å². The summed E-state index contributed by atoms with van der Waals surface area (Å²) in [7, 11) is 0. The topological polar surface area (TPSA) is 67.5 Å². The van der Waals surface area contributed by atoms with Crippen LogP contribution in [0.5, 0.6) is 0 Å². The lowest BCUT2D eigenvalue weighted by molar-refractivity contribution is -0.0498. The lowest BCUT2D eigenvalue weighted by Crippen LogP contribution is -2.35. The minimum Gasteiger partial charge on any atom is -0.389 e. The zero-order chi connectivity index (χ0) is 13.2. The van der Waals surface area contributed by atoms with E-state index >= 15 is 0 Å². The summed E-state index contributed by atoms with van der Waals surface area (Å²) in [6.45, 7) is 4.85. The number of aliphatic hydroxyl groups is 1. The standard InChI is InChI=1S/C14H30N2O2/c1-2-12-6-3-4-7-14(12)18-11-13(17)10-16-9-5-8-15/h12-14,16-17H,2-11,15H2,1H3. The maximum absolute atomic E-state index is 9.82. The van der Waals surface area contributed by atoms with Crippen molar-refractivity contribution in [3.8, 4) is 0 Å². The minimum absolute atomic E-state index is 0.363. The van der Waals surface area contributed by atoms with Crippen LogP contribution in [0.25, 0.3) is 0 Å². The molecule has 0 heterocycles. The van der Waals surface area contributed by atoms with Gasteiger partial charge in [-0.3, -0.25) is 0 Å². The van der Waals surface area contributed by atoms with Crippen molar-refractivity contribution < 1.29 is 9.84 Å². The van der Waals surface area contributed by atoms with Gasteiger partial charge in [-0.15, -0.1) is 0 Å². The van der Waals surface area contributed by atoms with E-state index in [4.69, 9.17) is 10.5 Å². The van der Waals surface area contributed by atoms with Gasteiger partial charge in [0.1, 0.15) is 0 Å². The summed E-state index contributed by atoms with van der Waals surface area (Å²) in [6, 6.07) is 0. The molecule has 1 saturated carbocycles. The molecule has 0 aromatic carbocycles. The third kappa shape index (κ3) is 6.14. The molecule has 0 aromatic rings. The molecule has 1 aliphatic carbocycles. The van der Waals surface area contributed by atoms with E-state index < -0.39 is 6.10 Å². The molecule has 0 radical (unpaired) electrons. The Kier molecular flexibility index (Phi) is 8.59. The maximum Gasteiger partial charge on any atom is 0.0897 e. The van der Waals surface area contributed by atoms with Crippen LogP contribution in [0, 0.1) is 5.92 Å². The first-order chi connectivity index (χ1) is 8.77. The molecule has 18 heavy (non-hydrogen) atoms. The molecule has 0 aromatic heterocycles. The summed E-state index contributed by atoms with van der Waals surface area (Å²) in [6.07, 6.45) is 7.15. The van der Waals surface area contributed by atoms with Crippen LogP contribution in [0.1, 0.15) is 45.4 Å². The van der Waals surface area contributed by atoms with Gasteiger partial charge in [0.25, 0.3) is 0 Å².